The normalized spacial score (nSPS) is 15.0. The largest absolute Gasteiger partial charge is 0.490 e. The minimum atomic E-state index is -0.222. The highest BCUT2D eigenvalue weighted by molar-refractivity contribution is 9.10. The first-order valence-electron chi connectivity index (χ1n) is 9.71. The molecule has 0 radical (unpaired) electrons. The maximum atomic E-state index is 12.3. The van der Waals surface area contributed by atoms with E-state index in [1.165, 1.54) is 18.5 Å². The van der Waals surface area contributed by atoms with Crippen molar-refractivity contribution in [2.24, 2.45) is 5.10 Å². The van der Waals surface area contributed by atoms with Crippen molar-refractivity contribution in [3.05, 3.63) is 58.1 Å². The van der Waals surface area contributed by atoms with Crippen LogP contribution in [0.3, 0.4) is 0 Å². The van der Waals surface area contributed by atoms with Gasteiger partial charge in [0, 0.05) is 24.3 Å². The number of ether oxygens (including phenoxy) is 1. The molecule has 5 nitrogen and oxygen atoms in total. The number of nitrogens with zero attached hydrogens (tertiary/aromatic N) is 2. The first-order chi connectivity index (χ1) is 13.6. The average molecular weight is 444 g/mol. The number of carbonyl (C=O) groups excluding carboxylic acids is 1. The molecule has 1 aliphatic heterocycles. The predicted octanol–water partition coefficient (Wildman–Crippen LogP) is 4.99. The van der Waals surface area contributed by atoms with Crippen LogP contribution >= 0.6 is 15.9 Å². The molecule has 0 spiro atoms. The molecule has 148 valence electrons. The monoisotopic (exact) mass is 443 g/mol. The van der Waals surface area contributed by atoms with Gasteiger partial charge in [0.05, 0.1) is 16.8 Å². The highest BCUT2D eigenvalue weighted by atomic mass is 79.9. The number of hydrogen-bond acceptors (Lipinski definition) is 4. The predicted molar refractivity (Wildman–Crippen MR) is 117 cm³/mol. The molecular formula is C22H26BrN3O2. The number of hydrazone groups is 1. The van der Waals surface area contributed by atoms with Crippen LogP contribution in [0.2, 0.25) is 0 Å². The van der Waals surface area contributed by atoms with E-state index < -0.39 is 0 Å². The third kappa shape index (κ3) is 5.35. The Bertz CT molecular complexity index is 830. The summed E-state index contributed by atoms with van der Waals surface area (Å²) in [6.45, 7) is 6.30. The van der Waals surface area contributed by atoms with Crippen molar-refractivity contribution in [3.8, 4) is 5.75 Å². The van der Waals surface area contributed by atoms with Crippen LogP contribution in [-0.2, 0) is 0 Å². The minimum absolute atomic E-state index is 0.159. The second-order valence-corrected chi connectivity index (χ2v) is 7.82. The van der Waals surface area contributed by atoms with Crippen molar-refractivity contribution in [1.82, 2.24) is 5.43 Å². The Morgan fingerprint density at radius 3 is 2.61 bits per heavy atom. The molecule has 1 fully saturated rings. The summed E-state index contributed by atoms with van der Waals surface area (Å²) in [5.74, 6) is 0.577. The van der Waals surface area contributed by atoms with Crippen LogP contribution in [0.5, 0.6) is 5.75 Å². The van der Waals surface area contributed by atoms with Gasteiger partial charge in [-0.05, 0) is 90.1 Å². The standard InChI is InChI=1S/C22H26BrN3O2/c1-3-16(2)28-21-11-6-17(14-20(21)23)15-24-25-22(27)18-7-9-19(10-8-18)26-12-4-5-13-26/h6-11,14-16H,3-5,12-13H2,1-2H3,(H,25,27)/b24-15-/t16-/m1/s1. The maximum absolute atomic E-state index is 12.3. The van der Waals surface area contributed by atoms with Crippen molar-refractivity contribution >= 4 is 33.7 Å². The summed E-state index contributed by atoms with van der Waals surface area (Å²) in [6, 6.07) is 13.4. The van der Waals surface area contributed by atoms with Crippen molar-refractivity contribution < 1.29 is 9.53 Å². The molecule has 2 aromatic rings. The Morgan fingerprint density at radius 2 is 1.96 bits per heavy atom. The number of halogens is 1. The van der Waals surface area contributed by atoms with Crippen LogP contribution in [0, 0.1) is 0 Å². The molecular weight excluding hydrogens is 418 g/mol. The van der Waals surface area contributed by atoms with Crippen LogP contribution in [0.15, 0.2) is 52.0 Å². The molecule has 28 heavy (non-hydrogen) atoms. The summed E-state index contributed by atoms with van der Waals surface area (Å²) in [5.41, 5.74) is 5.22. The molecule has 1 heterocycles. The summed E-state index contributed by atoms with van der Waals surface area (Å²) in [6.07, 6.45) is 5.19. The quantitative estimate of drug-likeness (QED) is 0.484. The molecule has 0 aliphatic carbocycles. The SMILES string of the molecule is CC[C@@H](C)Oc1ccc(/C=N\NC(=O)c2ccc(N3CCCC3)cc2)cc1Br. The van der Waals surface area contributed by atoms with E-state index in [0.29, 0.717) is 5.56 Å². The van der Waals surface area contributed by atoms with Gasteiger partial charge in [0.25, 0.3) is 5.91 Å². The topological polar surface area (TPSA) is 53.9 Å². The molecule has 1 atom stereocenters. The third-order valence-corrected chi connectivity index (χ3v) is 5.46. The molecule has 0 aromatic heterocycles. The number of benzene rings is 2. The second-order valence-electron chi connectivity index (χ2n) is 6.97. The summed E-state index contributed by atoms with van der Waals surface area (Å²) >= 11 is 3.52. The fraction of sp³-hybridized carbons (Fsp3) is 0.364. The zero-order valence-electron chi connectivity index (χ0n) is 16.3. The van der Waals surface area contributed by atoms with Gasteiger partial charge in [0.2, 0.25) is 0 Å². The number of amides is 1. The fourth-order valence-corrected chi connectivity index (χ4v) is 3.51. The lowest BCUT2D eigenvalue weighted by Gasteiger charge is -2.17. The van der Waals surface area contributed by atoms with Gasteiger partial charge in [-0.25, -0.2) is 5.43 Å². The van der Waals surface area contributed by atoms with Gasteiger partial charge in [0.1, 0.15) is 5.75 Å². The molecule has 6 heteroatoms. The number of nitrogens with one attached hydrogen (secondary N) is 1. The van der Waals surface area contributed by atoms with Gasteiger partial charge in [-0.2, -0.15) is 5.10 Å². The lowest BCUT2D eigenvalue weighted by molar-refractivity contribution is 0.0955. The van der Waals surface area contributed by atoms with Crippen molar-refractivity contribution in [1.29, 1.82) is 0 Å². The molecule has 1 saturated heterocycles. The number of rotatable bonds is 7. The van der Waals surface area contributed by atoms with Crippen LogP contribution < -0.4 is 15.1 Å². The van der Waals surface area contributed by atoms with Gasteiger partial charge < -0.3 is 9.64 Å². The molecule has 0 bridgehead atoms. The van der Waals surface area contributed by atoms with Crippen LogP contribution in [0.4, 0.5) is 5.69 Å². The van der Waals surface area contributed by atoms with Crippen molar-refractivity contribution in [3.63, 3.8) is 0 Å². The summed E-state index contributed by atoms with van der Waals surface area (Å²) < 4.78 is 6.69. The van der Waals surface area contributed by atoms with E-state index in [2.05, 4.69) is 38.3 Å². The Balaban J connectivity index is 1.56. The lowest BCUT2D eigenvalue weighted by atomic mass is 10.2. The minimum Gasteiger partial charge on any atom is -0.490 e. The Hall–Kier alpha value is -2.34. The van der Waals surface area contributed by atoms with E-state index in [1.54, 1.807) is 6.21 Å². The fourth-order valence-electron chi connectivity index (χ4n) is 3.02. The average Bonchev–Trinajstić information content (AvgIpc) is 3.24. The van der Waals surface area contributed by atoms with Crippen LogP contribution in [-0.4, -0.2) is 31.3 Å². The first kappa shape index (κ1) is 20.4. The summed E-state index contributed by atoms with van der Waals surface area (Å²) in [4.78, 5) is 14.6. The highest BCUT2D eigenvalue weighted by Crippen LogP contribution is 2.27. The van der Waals surface area contributed by atoms with Crippen LogP contribution in [0.25, 0.3) is 0 Å². The van der Waals surface area contributed by atoms with E-state index in [0.717, 1.165) is 35.3 Å². The zero-order valence-corrected chi connectivity index (χ0v) is 17.9. The number of anilines is 1. The molecule has 1 aliphatic rings. The zero-order chi connectivity index (χ0) is 19.9. The van der Waals surface area contributed by atoms with Gasteiger partial charge in [0.15, 0.2) is 0 Å². The lowest BCUT2D eigenvalue weighted by Crippen LogP contribution is -2.19. The summed E-state index contributed by atoms with van der Waals surface area (Å²) in [7, 11) is 0. The smallest absolute Gasteiger partial charge is 0.271 e. The molecule has 1 amide bonds. The van der Waals surface area contributed by atoms with E-state index in [1.807, 2.05) is 49.4 Å². The van der Waals surface area contributed by atoms with E-state index in [-0.39, 0.29) is 12.0 Å². The maximum Gasteiger partial charge on any atom is 0.271 e. The number of hydrogen-bond donors (Lipinski definition) is 1. The van der Waals surface area contributed by atoms with Crippen molar-refractivity contribution in [2.45, 2.75) is 39.2 Å². The van der Waals surface area contributed by atoms with Gasteiger partial charge in [-0.15, -0.1) is 0 Å². The van der Waals surface area contributed by atoms with E-state index in [9.17, 15) is 4.79 Å². The molecule has 2 aromatic carbocycles. The molecule has 3 rings (SSSR count). The Kier molecular flexibility index (Phi) is 7.09. The number of carbonyl (C=O) groups is 1. The molecule has 0 saturated carbocycles. The van der Waals surface area contributed by atoms with Gasteiger partial charge in [-0.1, -0.05) is 6.92 Å². The van der Waals surface area contributed by atoms with Gasteiger partial charge in [-0.3, -0.25) is 4.79 Å². The van der Waals surface area contributed by atoms with Crippen LogP contribution in [0.1, 0.15) is 49.0 Å². The Labute approximate surface area is 174 Å². The van der Waals surface area contributed by atoms with Gasteiger partial charge >= 0.3 is 0 Å². The van der Waals surface area contributed by atoms with Crippen molar-refractivity contribution in [2.75, 3.05) is 18.0 Å². The third-order valence-electron chi connectivity index (χ3n) is 4.84. The Morgan fingerprint density at radius 1 is 1.25 bits per heavy atom. The highest BCUT2D eigenvalue weighted by Gasteiger charge is 2.13. The second kappa shape index (κ2) is 9.73. The first-order valence-corrected chi connectivity index (χ1v) is 10.5. The molecule has 1 N–H and O–H groups in total. The molecule has 0 unspecified atom stereocenters. The van der Waals surface area contributed by atoms with E-state index >= 15 is 0 Å². The summed E-state index contributed by atoms with van der Waals surface area (Å²) in [5, 5.41) is 4.07. The van der Waals surface area contributed by atoms with E-state index in [4.69, 9.17) is 4.74 Å².